The van der Waals surface area contributed by atoms with Crippen molar-refractivity contribution >= 4 is 26.8 Å². The lowest BCUT2D eigenvalue weighted by Gasteiger charge is -2.07. The summed E-state index contributed by atoms with van der Waals surface area (Å²) in [5, 5.41) is 0. The zero-order valence-electron chi connectivity index (χ0n) is 14.1. The van der Waals surface area contributed by atoms with E-state index < -0.39 is 15.7 Å². The Balaban J connectivity index is 1.59. The highest BCUT2D eigenvalue weighted by molar-refractivity contribution is 7.90. The number of amides is 1. The van der Waals surface area contributed by atoms with E-state index in [1.807, 2.05) is 24.3 Å². The maximum absolute atomic E-state index is 12.6. The van der Waals surface area contributed by atoms with Crippen LogP contribution in [0, 0.1) is 0 Å². The monoisotopic (exact) mass is 381 g/mol. The zero-order chi connectivity index (χ0) is 18.9. The number of nitrogens with zero attached hydrogens (tertiary/aromatic N) is 2. The van der Waals surface area contributed by atoms with Crippen LogP contribution in [0.2, 0.25) is 0 Å². The van der Waals surface area contributed by atoms with Crippen molar-refractivity contribution in [3.8, 4) is 0 Å². The van der Waals surface area contributed by atoms with Gasteiger partial charge in [0.2, 0.25) is 0 Å². The Morgan fingerprint density at radius 1 is 1.04 bits per heavy atom. The maximum Gasteiger partial charge on any atom is 0.306 e. The van der Waals surface area contributed by atoms with Gasteiger partial charge < -0.3 is 4.42 Å². The molecule has 136 valence electrons. The number of carbonyl (C=O) groups excluding carboxylic acids is 1. The van der Waals surface area contributed by atoms with Crippen LogP contribution in [0.4, 0.5) is 0 Å². The molecule has 2 aromatic heterocycles. The van der Waals surface area contributed by atoms with Crippen molar-refractivity contribution < 1.29 is 17.6 Å². The van der Waals surface area contributed by atoms with E-state index in [4.69, 9.17) is 4.42 Å². The third-order valence-corrected chi connectivity index (χ3v) is 5.76. The molecule has 0 saturated carbocycles. The molecular formula is C19H15N3O4S. The quantitative estimate of drug-likeness (QED) is 0.573. The van der Waals surface area contributed by atoms with Gasteiger partial charge in [-0.05, 0) is 30.3 Å². The van der Waals surface area contributed by atoms with Crippen LogP contribution in [0.3, 0.4) is 0 Å². The second-order valence-electron chi connectivity index (χ2n) is 5.89. The molecule has 0 fully saturated rings. The number of nitrogens with one attached hydrogen (secondary N) is 1. The number of aromatic nitrogens is 2. The second-order valence-corrected chi connectivity index (χ2v) is 7.88. The Morgan fingerprint density at radius 2 is 1.78 bits per heavy atom. The Hall–Kier alpha value is -3.39. The van der Waals surface area contributed by atoms with E-state index in [0.29, 0.717) is 5.56 Å². The lowest BCUT2D eigenvalue weighted by atomic mass is 10.3. The molecule has 0 aliphatic heterocycles. The first kappa shape index (κ1) is 17.0. The third-order valence-electron chi connectivity index (χ3n) is 4.08. The number of fused-ring (bicyclic) bond motifs is 1. The molecule has 4 aromatic rings. The Morgan fingerprint density at radius 3 is 2.59 bits per heavy atom. The zero-order valence-corrected chi connectivity index (χ0v) is 14.9. The number of imidazole rings is 1. The molecule has 27 heavy (non-hydrogen) atoms. The van der Waals surface area contributed by atoms with Gasteiger partial charge in [0.25, 0.3) is 0 Å². The standard InChI is InChI=1S/C19H15N3O4S/c23-19(21-22-13-20-16-8-4-5-9-17(16)22)18-14(10-11-26-18)12-27(24,25)15-6-2-1-3-7-15/h1-11,13H,12H2,(H,21,23). The molecule has 0 saturated heterocycles. The van der Waals surface area contributed by atoms with Crippen molar-refractivity contribution in [2.75, 3.05) is 5.43 Å². The first-order valence-corrected chi connectivity index (χ1v) is 9.77. The number of hydrogen-bond acceptors (Lipinski definition) is 5. The largest absolute Gasteiger partial charge is 0.459 e. The Kier molecular flexibility index (Phi) is 4.25. The number of sulfone groups is 1. The summed E-state index contributed by atoms with van der Waals surface area (Å²) in [6.45, 7) is 0. The molecule has 8 heteroatoms. The highest BCUT2D eigenvalue weighted by Gasteiger charge is 2.23. The van der Waals surface area contributed by atoms with Crippen LogP contribution in [0.5, 0.6) is 0 Å². The highest BCUT2D eigenvalue weighted by Crippen LogP contribution is 2.20. The third kappa shape index (κ3) is 3.34. The van der Waals surface area contributed by atoms with Gasteiger partial charge in [0, 0.05) is 5.56 Å². The second kappa shape index (κ2) is 6.73. The van der Waals surface area contributed by atoms with Crippen molar-refractivity contribution in [1.82, 2.24) is 9.66 Å². The molecule has 0 aliphatic rings. The van der Waals surface area contributed by atoms with Crippen LogP contribution >= 0.6 is 0 Å². The van der Waals surface area contributed by atoms with Gasteiger partial charge in [-0.2, -0.15) is 0 Å². The molecule has 1 amide bonds. The molecular weight excluding hydrogens is 366 g/mol. The van der Waals surface area contributed by atoms with Crippen LogP contribution in [0.15, 0.2) is 82.6 Å². The summed E-state index contributed by atoms with van der Waals surface area (Å²) in [5.41, 5.74) is 4.40. The number of para-hydroxylation sites is 2. The van der Waals surface area contributed by atoms with Gasteiger partial charge in [-0.1, -0.05) is 30.3 Å². The van der Waals surface area contributed by atoms with Crippen molar-refractivity contribution in [3.63, 3.8) is 0 Å². The van der Waals surface area contributed by atoms with Gasteiger partial charge in [-0.15, -0.1) is 0 Å². The molecule has 1 N–H and O–H groups in total. The molecule has 2 aromatic carbocycles. The van der Waals surface area contributed by atoms with Crippen molar-refractivity contribution in [2.45, 2.75) is 10.6 Å². The normalized spacial score (nSPS) is 11.6. The summed E-state index contributed by atoms with van der Waals surface area (Å²) in [4.78, 5) is 17.0. The smallest absolute Gasteiger partial charge is 0.306 e. The average Bonchev–Trinajstić information content (AvgIpc) is 3.29. The minimum absolute atomic E-state index is 0.0488. The summed E-state index contributed by atoms with van der Waals surface area (Å²) in [6, 6.07) is 16.9. The van der Waals surface area contributed by atoms with Crippen molar-refractivity contribution in [1.29, 1.82) is 0 Å². The molecule has 0 spiro atoms. The van der Waals surface area contributed by atoms with Crippen LogP contribution in [0.25, 0.3) is 11.0 Å². The van der Waals surface area contributed by atoms with Crippen LogP contribution in [-0.2, 0) is 15.6 Å². The van der Waals surface area contributed by atoms with Gasteiger partial charge in [-0.25, -0.2) is 18.1 Å². The minimum atomic E-state index is -3.60. The predicted molar refractivity (Wildman–Crippen MR) is 99.5 cm³/mol. The highest BCUT2D eigenvalue weighted by atomic mass is 32.2. The number of carbonyl (C=O) groups is 1. The first-order chi connectivity index (χ1) is 13.0. The molecule has 0 radical (unpaired) electrons. The molecule has 7 nitrogen and oxygen atoms in total. The summed E-state index contributed by atoms with van der Waals surface area (Å²) in [6.07, 6.45) is 2.78. The van der Waals surface area contributed by atoms with Crippen LogP contribution in [-0.4, -0.2) is 24.0 Å². The minimum Gasteiger partial charge on any atom is -0.459 e. The van der Waals surface area contributed by atoms with Gasteiger partial charge in [0.05, 0.1) is 27.9 Å². The summed E-state index contributed by atoms with van der Waals surface area (Å²) >= 11 is 0. The van der Waals surface area contributed by atoms with E-state index in [-0.39, 0.29) is 16.4 Å². The van der Waals surface area contributed by atoms with E-state index in [1.54, 1.807) is 18.2 Å². The number of furan rings is 1. The van der Waals surface area contributed by atoms with Crippen LogP contribution in [0.1, 0.15) is 16.1 Å². The topological polar surface area (TPSA) is 94.2 Å². The van der Waals surface area contributed by atoms with E-state index in [9.17, 15) is 13.2 Å². The van der Waals surface area contributed by atoms with Gasteiger partial charge in [-0.3, -0.25) is 10.2 Å². The maximum atomic E-state index is 12.6. The number of rotatable bonds is 5. The van der Waals surface area contributed by atoms with Gasteiger partial charge >= 0.3 is 5.91 Å². The lowest BCUT2D eigenvalue weighted by molar-refractivity contribution is 0.0981. The summed E-state index contributed by atoms with van der Waals surface area (Å²) in [5.74, 6) is -0.935. The fourth-order valence-corrected chi connectivity index (χ4v) is 4.15. The van der Waals surface area contributed by atoms with Gasteiger partial charge in [0.1, 0.15) is 6.33 Å². The molecule has 0 unspecified atom stereocenters. The van der Waals surface area contributed by atoms with Crippen LogP contribution < -0.4 is 5.43 Å². The summed E-state index contributed by atoms with van der Waals surface area (Å²) in [7, 11) is -3.60. The van der Waals surface area contributed by atoms with E-state index >= 15 is 0 Å². The van der Waals surface area contributed by atoms with E-state index in [1.165, 1.54) is 35.5 Å². The van der Waals surface area contributed by atoms with E-state index in [2.05, 4.69) is 10.4 Å². The summed E-state index contributed by atoms with van der Waals surface area (Å²) < 4.78 is 31.9. The average molecular weight is 381 g/mol. The predicted octanol–water partition coefficient (Wildman–Crippen LogP) is 2.99. The fraction of sp³-hybridized carbons (Fsp3) is 0.0526. The molecule has 0 atom stereocenters. The lowest BCUT2D eigenvalue weighted by Crippen LogP contribution is -2.23. The molecule has 2 heterocycles. The first-order valence-electron chi connectivity index (χ1n) is 8.12. The Bertz CT molecular complexity index is 1210. The fourth-order valence-electron chi connectivity index (χ4n) is 2.77. The Labute approximate surface area is 155 Å². The van der Waals surface area contributed by atoms with E-state index in [0.717, 1.165) is 11.0 Å². The van der Waals surface area contributed by atoms with Crippen molar-refractivity contribution in [3.05, 3.63) is 84.6 Å². The van der Waals surface area contributed by atoms with Crippen molar-refractivity contribution in [2.24, 2.45) is 0 Å². The molecule has 4 rings (SSSR count). The molecule has 0 aliphatic carbocycles. The SMILES string of the molecule is O=C(Nn1cnc2ccccc21)c1occc1CS(=O)(=O)c1ccccc1. The molecule has 0 bridgehead atoms. The number of hydrogen-bond donors (Lipinski definition) is 1. The number of benzene rings is 2. The van der Waals surface area contributed by atoms with Gasteiger partial charge in [0.15, 0.2) is 15.6 Å².